The van der Waals surface area contributed by atoms with Crippen molar-refractivity contribution in [3.63, 3.8) is 0 Å². The van der Waals surface area contributed by atoms with Gasteiger partial charge in [-0.2, -0.15) is 0 Å². The van der Waals surface area contributed by atoms with Gasteiger partial charge in [0.15, 0.2) is 0 Å². The van der Waals surface area contributed by atoms with Crippen molar-refractivity contribution < 1.29 is 26.8 Å². The Kier molecular flexibility index (Phi) is 9.07. The van der Waals surface area contributed by atoms with E-state index in [1.54, 1.807) is 6.07 Å². The second-order valence-corrected chi connectivity index (χ2v) is 5.30. The Hall–Kier alpha value is -0.206. The molecule has 0 aliphatic heterocycles. The van der Waals surface area contributed by atoms with Crippen LogP contribution in [0.25, 0.3) is 5.57 Å². The Labute approximate surface area is 142 Å². The minimum Gasteiger partial charge on any atom is -0.507 e. The first-order valence-electron chi connectivity index (χ1n) is 5.68. The van der Waals surface area contributed by atoms with Crippen molar-refractivity contribution in [1.82, 2.24) is 0 Å². The van der Waals surface area contributed by atoms with Crippen LogP contribution in [-0.4, -0.2) is 5.11 Å². The second-order valence-electron chi connectivity index (χ2n) is 5.30. The van der Waals surface area contributed by atoms with Gasteiger partial charge in [-0.15, -0.1) is 24.8 Å². The Morgan fingerprint density at radius 2 is 1.63 bits per heavy atom. The molecule has 0 bridgehead atoms. The summed E-state index contributed by atoms with van der Waals surface area (Å²) < 4.78 is 0. The summed E-state index contributed by atoms with van der Waals surface area (Å²) in [6.45, 7) is 6.63. The van der Waals surface area contributed by atoms with Crippen molar-refractivity contribution in [3.8, 4) is 5.75 Å². The van der Waals surface area contributed by atoms with E-state index in [4.69, 9.17) is 0 Å². The predicted molar refractivity (Wildman–Crippen MR) is 82.7 cm³/mol. The summed E-state index contributed by atoms with van der Waals surface area (Å²) in [6, 6.07) is 7.53. The summed E-state index contributed by atoms with van der Waals surface area (Å²) in [4.78, 5) is 0. The number of allylic oxidation sites excluding steroid dienone is 4. The van der Waals surface area contributed by atoms with Gasteiger partial charge in [0.1, 0.15) is 5.75 Å². The maximum Gasteiger partial charge on any atom is 0.123 e. The molecule has 1 aromatic carbocycles. The maximum atomic E-state index is 9.80. The summed E-state index contributed by atoms with van der Waals surface area (Å²) >= 11 is 0. The molecule has 0 aromatic heterocycles. The van der Waals surface area contributed by atoms with Crippen LogP contribution in [0.5, 0.6) is 5.75 Å². The molecule has 0 unspecified atom stereocenters. The van der Waals surface area contributed by atoms with Crippen molar-refractivity contribution >= 4 is 30.4 Å². The summed E-state index contributed by atoms with van der Waals surface area (Å²) in [5.41, 5.74) is 3.71. The molecule has 0 fully saturated rings. The smallest absolute Gasteiger partial charge is 0.123 e. The average molecular weight is 335 g/mol. The molecule has 0 radical (unpaired) electrons. The van der Waals surface area contributed by atoms with Gasteiger partial charge in [-0.05, 0) is 29.0 Å². The molecule has 1 N–H and O–H groups in total. The zero-order valence-corrected chi connectivity index (χ0v) is 14.6. The van der Waals surface area contributed by atoms with Gasteiger partial charge in [-0.3, -0.25) is 0 Å². The van der Waals surface area contributed by atoms with E-state index < -0.39 is 0 Å². The van der Waals surface area contributed by atoms with E-state index in [1.807, 2.05) is 18.2 Å². The summed E-state index contributed by atoms with van der Waals surface area (Å²) in [7, 11) is 0. The zero-order chi connectivity index (χ0) is 11.8. The Balaban J connectivity index is 0. The fourth-order valence-corrected chi connectivity index (χ4v) is 1.98. The maximum absolute atomic E-state index is 9.80. The topological polar surface area (TPSA) is 20.2 Å². The molecule has 0 spiro atoms. The van der Waals surface area contributed by atoms with Crippen molar-refractivity contribution in [2.75, 3.05) is 0 Å². The van der Waals surface area contributed by atoms with Gasteiger partial charge in [0.25, 0.3) is 0 Å². The van der Waals surface area contributed by atoms with E-state index in [0.29, 0.717) is 5.75 Å². The van der Waals surface area contributed by atoms with Crippen LogP contribution in [0.2, 0.25) is 0 Å². The number of para-hydroxylation sites is 1. The number of aromatic hydroxyl groups is 1. The van der Waals surface area contributed by atoms with Crippen LogP contribution >= 0.6 is 24.8 Å². The largest absolute Gasteiger partial charge is 0.507 e. The van der Waals surface area contributed by atoms with Crippen LogP contribution < -0.4 is 0 Å². The van der Waals surface area contributed by atoms with Crippen LogP contribution in [0.15, 0.2) is 42.0 Å². The number of rotatable bonds is 1. The number of halogens is 2. The number of phenolic OH excluding ortho intramolecular Hbond substituents is 1. The Morgan fingerprint density at radius 3 is 2.11 bits per heavy atom. The standard InChI is InChI=1S/C15H18O.2ClH.Ti/c1-15(2,3)12-9-8-11(10-12)13-6-4-5-7-14(13)16;;;/h4-7,9-10,16H,8H2,1-3H3;2*1H;. The van der Waals surface area contributed by atoms with Gasteiger partial charge in [-0.1, -0.05) is 51.1 Å². The normalized spacial score (nSPS) is 13.4. The first-order valence-corrected chi connectivity index (χ1v) is 5.68. The molecule has 19 heavy (non-hydrogen) atoms. The molecule has 1 aliphatic rings. The molecule has 2 rings (SSSR count). The molecular weight excluding hydrogens is 315 g/mol. The molecule has 1 aromatic rings. The second kappa shape index (κ2) is 8.16. The van der Waals surface area contributed by atoms with Gasteiger partial charge in [0, 0.05) is 27.3 Å². The summed E-state index contributed by atoms with van der Waals surface area (Å²) in [5.74, 6) is 0.373. The third-order valence-corrected chi connectivity index (χ3v) is 2.99. The fourth-order valence-electron chi connectivity index (χ4n) is 1.98. The molecular formula is C15H20Cl2OTi. The molecule has 1 nitrogen and oxygen atoms in total. The molecule has 4 heteroatoms. The van der Waals surface area contributed by atoms with Crippen LogP contribution in [-0.2, 0) is 21.7 Å². The van der Waals surface area contributed by atoms with Gasteiger partial charge in [-0.25, -0.2) is 0 Å². The Bertz CT molecular complexity index is 473. The molecule has 104 valence electrons. The van der Waals surface area contributed by atoms with E-state index in [2.05, 4.69) is 32.9 Å². The fraction of sp³-hybridized carbons (Fsp3) is 0.333. The van der Waals surface area contributed by atoms with Crippen molar-refractivity contribution in [2.45, 2.75) is 27.2 Å². The monoisotopic (exact) mass is 334 g/mol. The van der Waals surface area contributed by atoms with E-state index in [-0.39, 0.29) is 51.9 Å². The van der Waals surface area contributed by atoms with Gasteiger partial charge >= 0.3 is 0 Å². The first-order chi connectivity index (χ1) is 7.48. The molecule has 0 saturated heterocycles. The van der Waals surface area contributed by atoms with E-state index in [9.17, 15) is 5.11 Å². The van der Waals surface area contributed by atoms with E-state index in [1.165, 1.54) is 11.1 Å². The zero-order valence-electron chi connectivity index (χ0n) is 11.4. The first kappa shape index (κ1) is 21.1. The third-order valence-electron chi connectivity index (χ3n) is 2.99. The molecule has 0 atom stereocenters. The minimum atomic E-state index is 0. The number of benzene rings is 1. The van der Waals surface area contributed by atoms with Crippen LogP contribution in [0.4, 0.5) is 0 Å². The molecule has 1 aliphatic carbocycles. The van der Waals surface area contributed by atoms with Crippen molar-refractivity contribution in [3.05, 3.63) is 47.6 Å². The minimum absolute atomic E-state index is 0. The Morgan fingerprint density at radius 1 is 1.05 bits per heavy atom. The van der Waals surface area contributed by atoms with Crippen molar-refractivity contribution in [1.29, 1.82) is 0 Å². The van der Waals surface area contributed by atoms with Crippen LogP contribution in [0.1, 0.15) is 32.8 Å². The van der Waals surface area contributed by atoms with Crippen molar-refractivity contribution in [2.24, 2.45) is 5.41 Å². The molecule has 0 saturated carbocycles. The predicted octanol–water partition coefficient (Wildman–Crippen LogP) is 4.99. The molecule has 0 heterocycles. The molecule has 0 amide bonds. The number of phenols is 1. The number of hydrogen-bond acceptors (Lipinski definition) is 1. The van der Waals surface area contributed by atoms with Crippen LogP contribution in [0, 0.1) is 5.41 Å². The van der Waals surface area contributed by atoms with Gasteiger partial charge in [0.2, 0.25) is 0 Å². The quantitative estimate of drug-likeness (QED) is 0.717. The van der Waals surface area contributed by atoms with Gasteiger partial charge in [0.05, 0.1) is 0 Å². The third kappa shape index (κ3) is 5.00. The summed E-state index contributed by atoms with van der Waals surface area (Å²) in [6.07, 6.45) is 5.38. The number of hydrogen-bond donors (Lipinski definition) is 1. The van der Waals surface area contributed by atoms with E-state index in [0.717, 1.165) is 12.0 Å². The average Bonchev–Trinajstić information content (AvgIpc) is 2.66. The van der Waals surface area contributed by atoms with Gasteiger partial charge < -0.3 is 5.11 Å². The van der Waals surface area contributed by atoms with Crippen LogP contribution in [0.3, 0.4) is 0 Å². The summed E-state index contributed by atoms with van der Waals surface area (Å²) in [5, 5.41) is 9.80. The van der Waals surface area contributed by atoms with E-state index >= 15 is 0 Å². The SMILES string of the molecule is CC(C)(C)C1=CCC(c2ccccc2O)=C1.Cl.Cl.[Ti].